The SMILES string of the molecule is c1ccc(-c2cccc(N(c3ccc(C45CC6CC(CC(C6)C4)C5)cc3)c3cccc(N(c4ccccc4)c4ccc5sc6ccccc6c5c4)c3)c2)cc1. The molecule has 0 atom stereocenters. The monoisotopic (exact) mass is 728 g/mol. The van der Waals surface area contributed by atoms with Gasteiger partial charge in [0, 0.05) is 54.3 Å². The Morgan fingerprint density at radius 3 is 1.56 bits per heavy atom. The molecule has 0 unspecified atom stereocenters. The average molecular weight is 729 g/mol. The van der Waals surface area contributed by atoms with Crippen molar-refractivity contribution in [3.05, 3.63) is 181 Å². The molecule has 0 aliphatic heterocycles. The van der Waals surface area contributed by atoms with E-state index in [9.17, 15) is 0 Å². The predicted molar refractivity (Wildman–Crippen MR) is 234 cm³/mol. The lowest BCUT2D eigenvalue weighted by atomic mass is 9.48. The van der Waals surface area contributed by atoms with Crippen molar-refractivity contribution in [1.82, 2.24) is 0 Å². The van der Waals surface area contributed by atoms with E-state index in [0.29, 0.717) is 5.41 Å². The third-order valence-electron chi connectivity index (χ3n) is 13.0. The molecule has 0 saturated heterocycles. The molecule has 12 rings (SSSR count). The first kappa shape index (κ1) is 32.8. The van der Waals surface area contributed by atoms with E-state index < -0.39 is 0 Å². The molecule has 4 fully saturated rings. The number of fused-ring (bicyclic) bond motifs is 3. The van der Waals surface area contributed by atoms with Gasteiger partial charge in [-0.25, -0.2) is 0 Å². The molecule has 8 aromatic rings. The van der Waals surface area contributed by atoms with Gasteiger partial charge in [-0.1, -0.05) is 97.1 Å². The molecule has 1 heterocycles. The summed E-state index contributed by atoms with van der Waals surface area (Å²) in [5, 5.41) is 2.61. The highest BCUT2D eigenvalue weighted by atomic mass is 32.1. The number of thiophene rings is 1. The summed E-state index contributed by atoms with van der Waals surface area (Å²) in [4.78, 5) is 4.86. The van der Waals surface area contributed by atoms with Gasteiger partial charge in [-0.05, 0) is 157 Å². The number of anilines is 6. The first-order chi connectivity index (χ1) is 27.2. The Morgan fingerprint density at radius 2 is 0.873 bits per heavy atom. The van der Waals surface area contributed by atoms with Crippen molar-refractivity contribution in [2.24, 2.45) is 17.8 Å². The van der Waals surface area contributed by atoms with E-state index in [-0.39, 0.29) is 0 Å². The highest BCUT2D eigenvalue weighted by Gasteiger charge is 2.51. The van der Waals surface area contributed by atoms with E-state index in [2.05, 4.69) is 186 Å². The van der Waals surface area contributed by atoms with Crippen LogP contribution in [0.4, 0.5) is 34.1 Å². The first-order valence-electron chi connectivity index (χ1n) is 20.1. The molecule has 3 heteroatoms. The molecule has 4 aliphatic carbocycles. The van der Waals surface area contributed by atoms with E-state index in [0.717, 1.165) is 46.2 Å². The minimum Gasteiger partial charge on any atom is -0.310 e. The van der Waals surface area contributed by atoms with Crippen LogP contribution in [0.1, 0.15) is 44.1 Å². The van der Waals surface area contributed by atoms with Crippen molar-refractivity contribution >= 4 is 65.6 Å². The van der Waals surface area contributed by atoms with E-state index in [4.69, 9.17) is 0 Å². The van der Waals surface area contributed by atoms with Crippen LogP contribution in [-0.2, 0) is 5.41 Å². The topological polar surface area (TPSA) is 6.48 Å². The standard InChI is InChI=1S/C52H44N2S/c1-3-11-39(12-4-1)40-13-9-16-44(30-40)54(43-23-21-41(22-24-43)52-33-36-27-37(34-52)29-38(28-36)35-52)46-18-10-17-45(31-46)53(42-14-5-2-6-15-42)47-25-26-51-49(32-47)48-19-7-8-20-50(48)55-51/h1-26,30-32,36-38H,27-29,33-35H2. The molecule has 0 amide bonds. The van der Waals surface area contributed by atoms with Gasteiger partial charge in [0.25, 0.3) is 0 Å². The molecule has 1 aromatic heterocycles. The Balaban J connectivity index is 1.04. The summed E-state index contributed by atoms with van der Waals surface area (Å²) in [5.41, 5.74) is 11.3. The number of hydrogen-bond donors (Lipinski definition) is 0. The van der Waals surface area contributed by atoms with E-state index >= 15 is 0 Å². The number of nitrogens with zero attached hydrogens (tertiary/aromatic N) is 2. The van der Waals surface area contributed by atoms with Gasteiger partial charge in [0.15, 0.2) is 0 Å². The highest BCUT2D eigenvalue weighted by molar-refractivity contribution is 7.25. The van der Waals surface area contributed by atoms with Crippen LogP contribution in [0.25, 0.3) is 31.3 Å². The Morgan fingerprint density at radius 1 is 0.382 bits per heavy atom. The van der Waals surface area contributed by atoms with Crippen LogP contribution in [0, 0.1) is 17.8 Å². The van der Waals surface area contributed by atoms with Crippen LogP contribution < -0.4 is 9.80 Å². The van der Waals surface area contributed by atoms with Crippen LogP contribution >= 0.6 is 11.3 Å². The molecule has 0 radical (unpaired) electrons. The summed E-state index contributed by atoms with van der Waals surface area (Å²) >= 11 is 1.87. The summed E-state index contributed by atoms with van der Waals surface area (Å²) in [5.74, 6) is 2.79. The largest absolute Gasteiger partial charge is 0.310 e. The normalized spacial score (nSPS) is 21.3. The first-order valence-corrected chi connectivity index (χ1v) is 20.9. The molecule has 4 aliphatic rings. The van der Waals surface area contributed by atoms with Crippen LogP contribution in [0.15, 0.2) is 176 Å². The Bertz CT molecular complexity index is 2610. The number of para-hydroxylation sites is 1. The third kappa shape index (κ3) is 5.84. The van der Waals surface area contributed by atoms with Crippen LogP contribution in [0.2, 0.25) is 0 Å². The van der Waals surface area contributed by atoms with Gasteiger partial charge in [0.1, 0.15) is 0 Å². The third-order valence-corrected chi connectivity index (χ3v) is 14.1. The quantitative estimate of drug-likeness (QED) is 0.154. The summed E-state index contributed by atoms with van der Waals surface area (Å²) in [6.45, 7) is 0. The van der Waals surface area contributed by atoms with E-state index in [1.54, 1.807) is 5.56 Å². The molecule has 55 heavy (non-hydrogen) atoms. The Labute approximate surface area is 328 Å². The average Bonchev–Trinajstić information content (AvgIpc) is 3.60. The number of hydrogen-bond acceptors (Lipinski definition) is 3. The van der Waals surface area contributed by atoms with Gasteiger partial charge in [0.2, 0.25) is 0 Å². The number of rotatable bonds is 8. The second-order valence-corrected chi connectivity index (χ2v) is 17.5. The fourth-order valence-corrected chi connectivity index (χ4v) is 12.1. The smallest absolute Gasteiger partial charge is 0.0482 e. The van der Waals surface area contributed by atoms with Gasteiger partial charge in [0.05, 0.1) is 0 Å². The van der Waals surface area contributed by atoms with Crippen LogP contribution in [0.5, 0.6) is 0 Å². The summed E-state index contributed by atoms with van der Waals surface area (Å²) in [6, 6.07) is 65.2. The molecular formula is C52H44N2S. The second kappa shape index (κ2) is 13.3. The maximum absolute atomic E-state index is 2.48. The fourth-order valence-electron chi connectivity index (χ4n) is 11.0. The minimum atomic E-state index is 0.371. The zero-order valence-corrected chi connectivity index (χ0v) is 31.8. The van der Waals surface area contributed by atoms with Crippen molar-refractivity contribution in [3.8, 4) is 11.1 Å². The lowest BCUT2D eigenvalue weighted by molar-refractivity contribution is -0.00518. The van der Waals surface area contributed by atoms with Crippen molar-refractivity contribution < 1.29 is 0 Å². The van der Waals surface area contributed by atoms with Crippen molar-refractivity contribution in [2.75, 3.05) is 9.80 Å². The number of benzene rings is 7. The van der Waals surface area contributed by atoms with Crippen molar-refractivity contribution in [1.29, 1.82) is 0 Å². The highest BCUT2D eigenvalue weighted by Crippen LogP contribution is 2.61. The summed E-state index contributed by atoms with van der Waals surface area (Å²) in [6.07, 6.45) is 8.55. The molecule has 7 aromatic carbocycles. The van der Waals surface area contributed by atoms with Gasteiger partial charge in [-0.3, -0.25) is 0 Å². The maximum Gasteiger partial charge on any atom is 0.0482 e. The molecule has 4 saturated carbocycles. The molecule has 2 nitrogen and oxygen atoms in total. The zero-order chi connectivity index (χ0) is 36.3. The van der Waals surface area contributed by atoms with Crippen LogP contribution in [-0.4, -0.2) is 0 Å². The van der Waals surface area contributed by atoms with E-state index in [1.165, 1.54) is 75.5 Å². The Hall–Kier alpha value is -5.64. The zero-order valence-electron chi connectivity index (χ0n) is 31.0. The summed E-state index contributed by atoms with van der Waals surface area (Å²) < 4.78 is 2.64. The Kier molecular flexibility index (Phi) is 7.91. The summed E-state index contributed by atoms with van der Waals surface area (Å²) in [7, 11) is 0. The van der Waals surface area contributed by atoms with E-state index in [1.807, 2.05) is 11.3 Å². The van der Waals surface area contributed by atoms with Crippen LogP contribution in [0.3, 0.4) is 0 Å². The fraction of sp³-hybridized carbons (Fsp3) is 0.192. The second-order valence-electron chi connectivity index (χ2n) is 16.5. The molecule has 268 valence electrons. The minimum absolute atomic E-state index is 0.371. The molecule has 0 spiro atoms. The molecule has 0 N–H and O–H groups in total. The van der Waals surface area contributed by atoms with Crippen molar-refractivity contribution in [2.45, 2.75) is 43.9 Å². The molecule has 4 bridgehead atoms. The van der Waals surface area contributed by atoms with Gasteiger partial charge >= 0.3 is 0 Å². The van der Waals surface area contributed by atoms with Gasteiger partial charge < -0.3 is 9.80 Å². The van der Waals surface area contributed by atoms with Gasteiger partial charge in [-0.15, -0.1) is 11.3 Å². The maximum atomic E-state index is 2.48. The van der Waals surface area contributed by atoms with Crippen molar-refractivity contribution in [3.63, 3.8) is 0 Å². The van der Waals surface area contributed by atoms with Gasteiger partial charge in [-0.2, -0.15) is 0 Å². The predicted octanol–water partition coefficient (Wildman–Crippen LogP) is 15.1. The molecular weight excluding hydrogens is 685 g/mol. The lowest BCUT2D eigenvalue weighted by Crippen LogP contribution is -2.48. The lowest BCUT2D eigenvalue weighted by Gasteiger charge is -2.57.